The number of carbonyl (C=O) groups is 1. The van der Waals surface area contributed by atoms with Gasteiger partial charge in [-0.05, 0) is 12.5 Å². The van der Waals surface area contributed by atoms with Crippen LogP contribution in [0.15, 0.2) is 24.5 Å². The van der Waals surface area contributed by atoms with Crippen molar-refractivity contribution in [2.24, 2.45) is 7.05 Å². The molecule has 0 bridgehead atoms. The SMILES string of the molecule is CCCNc1cc(C(=O)Nc2ccnn2C)c(Cl)cn1. The van der Waals surface area contributed by atoms with E-state index in [4.69, 9.17) is 11.6 Å². The van der Waals surface area contributed by atoms with Crippen molar-refractivity contribution in [2.45, 2.75) is 13.3 Å². The molecule has 2 aromatic rings. The number of halogens is 1. The lowest BCUT2D eigenvalue weighted by atomic mass is 10.2. The Morgan fingerprint density at radius 2 is 2.30 bits per heavy atom. The van der Waals surface area contributed by atoms with Crippen molar-refractivity contribution in [1.29, 1.82) is 0 Å². The number of anilines is 2. The number of hydrogen-bond acceptors (Lipinski definition) is 4. The van der Waals surface area contributed by atoms with Crippen LogP contribution in [0.4, 0.5) is 11.6 Å². The third-order valence-corrected chi connectivity index (χ3v) is 3.02. The van der Waals surface area contributed by atoms with Crippen molar-refractivity contribution < 1.29 is 4.79 Å². The number of nitrogens with zero attached hydrogens (tertiary/aromatic N) is 3. The summed E-state index contributed by atoms with van der Waals surface area (Å²) in [5, 5.41) is 10.2. The van der Waals surface area contributed by atoms with E-state index in [0.29, 0.717) is 22.2 Å². The summed E-state index contributed by atoms with van der Waals surface area (Å²) in [5.74, 6) is 0.943. The van der Waals surface area contributed by atoms with Gasteiger partial charge in [-0.15, -0.1) is 0 Å². The first-order valence-corrected chi connectivity index (χ1v) is 6.68. The van der Waals surface area contributed by atoms with Crippen molar-refractivity contribution in [3.05, 3.63) is 35.1 Å². The Morgan fingerprint density at radius 1 is 1.50 bits per heavy atom. The zero-order chi connectivity index (χ0) is 14.5. The number of amides is 1. The summed E-state index contributed by atoms with van der Waals surface area (Å²) in [6.07, 6.45) is 4.05. The van der Waals surface area contributed by atoms with Crippen LogP contribution in [0.3, 0.4) is 0 Å². The van der Waals surface area contributed by atoms with Crippen molar-refractivity contribution in [1.82, 2.24) is 14.8 Å². The van der Waals surface area contributed by atoms with Gasteiger partial charge in [-0.2, -0.15) is 5.10 Å². The fraction of sp³-hybridized carbons (Fsp3) is 0.308. The second kappa shape index (κ2) is 6.38. The second-order valence-electron chi connectivity index (χ2n) is 4.27. The largest absolute Gasteiger partial charge is 0.370 e. The van der Waals surface area contributed by atoms with E-state index < -0.39 is 0 Å². The van der Waals surface area contributed by atoms with Gasteiger partial charge in [0.15, 0.2) is 0 Å². The number of aryl methyl sites for hydroxylation is 1. The fourth-order valence-electron chi connectivity index (χ4n) is 1.64. The van der Waals surface area contributed by atoms with Crippen molar-refractivity contribution in [2.75, 3.05) is 17.2 Å². The van der Waals surface area contributed by atoms with Gasteiger partial charge in [-0.1, -0.05) is 18.5 Å². The van der Waals surface area contributed by atoms with Gasteiger partial charge >= 0.3 is 0 Å². The molecule has 0 unspecified atom stereocenters. The molecule has 0 aliphatic heterocycles. The van der Waals surface area contributed by atoms with E-state index in [9.17, 15) is 4.79 Å². The van der Waals surface area contributed by atoms with Crippen LogP contribution in [0.5, 0.6) is 0 Å². The van der Waals surface area contributed by atoms with E-state index in [1.54, 1.807) is 30.1 Å². The Hall–Kier alpha value is -2.08. The van der Waals surface area contributed by atoms with Crippen LogP contribution in [0.2, 0.25) is 5.02 Å². The van der Waals surface area contributed by atoms with Crippen LogP contribution in [0, 0.1) is 0 Å². The van der Waals surface area contributed by atoms with Gasteiger partial charge in [-0.25, -0.2) is 4.98 Å². The summed E-state index contributed by atoms with van der Waals surface area (Å²) < 4.78 is 1.57. The quantitative estimate of drug-likeness (QED) is 0.888. The maximum Gasteiger partial charge on any atom is 0.258 e. The average Bonchev–Trinajstić information content (AvgIpc) is 2.83. The van der Waals surface area contributed by atoms with Crippen LogP contribution >= 0.6 is 11.6 Å². The molecule has 7 heteroatoms. The fourth-order valence-corrected chi connectivity index (χ4v) is 1.83. The minimum atomic E-state index is -0.291. The molecule has 0 radical (unpaired) electrons. The van der Waals surface area contributed by atoms with Gasteiger partial charge in [0.25, 0.3) is 5.91 Å². The van der Waals surface area contributed by atoms with E-state index in [2.05, 4.69) is 27.6 Å². The van der Waals surface area contributed by atoms with E-state index in [0.717, 1.165) is 13.0 Å². The number of pyridine rings is 1. The molecule has 0 aromatic carbocycles. The number of hydrogen-bond donors (Lipinski definition) is 2. The molecule has 2 rings (SSSR count). The average molecular weight is 294 g/mol. The Labute approximate surface area is 122 Å². The van der Waals surface area contributed by atoms with Gasteiger partial charge in [0.2, 0.25) is 0 Å². The zero-order valence-corrected chi connectivity index (χ0v) is 12.1. The number of aromatic nitrogens is 3. The first kappa shape index (κ1) is 14.3. The summed E-state index contributed by atoms with van der Waals surface area (Å²) in [6.45, 7) is 2.84. The lowest BCUT2D eigenvalue weighted by Gasteiger charge is -2.09. The van der Waals surface area contributed by atoms with Crippen molar-refractivity contribution >= 4 is 29.1 Å². The van der Waals surface area contributed by atoms with Crippen LogP contribution in [0.1, 0.15) is 23.7 Å². The van der Waals surface area contributed by atoms with Crippen LogP contribution in [-0.2, 0) is 7.05 Å². The lowest BCUT2D eigenvalue weighted by Crippen LogP contribution is -2.16. The zero-order valence-electron chi connectivity index (χ0n) is 11.4. The molecule has 0 aliphatic rings. The molecule has 20 heavy (non-hydrogen) atoms. The highest BCUT2D eigenvalue weighted by atomic mass is 35.5. The van der Waals surface area contributed by atoms with Gasteiger partial charge < -0.3 is 10.6 Å². The van der Waals surface area contributed by atoms with Crippen molar-refractivity contribution in [3.8, 4) is 0 Å². The van der Waals surface area contributed by atoms with Crippen LogP contribution in [0.25, 0.3) is 0 Å². The summed E-state index contributed by atoms with van der Waals surface area (Å²) in [6, 6.07) is 3.35. The number of nitrogens with one attached hydrogen (secondary N) is 2. The summed E-state index contributed by atoms with van der Waals surface area (Å²) in [7, 11) is 1.75. The molecule has 106 valence electrons. The molecule has 0 atom stereocenters. The topological polar surface area (TPSA) is 71.8 Å². The predicted octanol–water partition coefficient (Wildman–Crippen LogP) is 2.54. The van der Waals surface area contributed by atoms with Crippen molar-refractivity contribution in [3.63, 3.8) is 0 Å². The second-order valence-corrected chi connectivity index (χ2v) is 4.68. The normalized spacial score (nSPS) is 10.3. The Balaban J connectivity index is 2.18. The maximum absolute atomic E-state index is 12.2. The highest BCUT2D eigenvalue weighted by molar-refractivity contribution is 6.34. The Bertz CT molecular complexity index is 611. The monoisotopic (exact) mass is 293 g/mol. The molecular weight excluding hydrogens is 278 g/mol. The number of rotatable bonds is 5. The summed E-state index contributed by atoms with van der Waals surface area (Å²) in [5.41, 5.74) is 0.376. The van der Waals surface area contributed by atoms with E-state index in [1.165, 1.54) is 6.20 Å². The maximum atomic E-state index is 12.2. The van der Waals surface area contributed by atoms with E-state index in [-0.39, 0.29) is 5.91 Å². The molecule has 2 heterocycles. The standard InChI is InChI=1S/C13H16ClN5O/c1-3-5-15-11-7-9(10(14)8-16-11)13(20)18-12-4-6-17-19(12)2/h4,6-8H,3,5H2,1-2H3,(H,15,16)(H,18,20). The highest BCUT2D eigenvalue weighted by Crippen LogP contribution is 2.19. The van der Waals surface area contributed by atoms with E-state index >= 15 is 0 Å². The highest BCUT2D eigenvalue weighted by Gasteiger charge is 2.13. The molecule has 1 amide bonds. The van der Waals surface area contributed by atoms with Gasteiger partial charge in [0.1, 0.15) is 11.6 Å². The third kappa shape index (κ3) is 3.27. The Kier molecular flexibility index (Phi) is 4.57. The molecule has 2 aromatic heterocycles. The minimum Gasteiger partial charge on any atom is -0.370 e. The van der Waals surface area contributed by atoms with Crippen LogP contribution in [-0.4, -0.2) is 27.2 Å². The molecule has 0 spiro atoms. The molecule has 0 saturated heterocycles. The first-order valence-electron chi connectivity index (χ1n) is 6.30. The van der Waals surface area contributed by atoms with Gasteiger partial charge in [-0.3, -0.25) is 9.48 Å². The van der Waals surface area contributed by atoms with Gasteiger partial charge in [0, 0.05) is 25.9 Å². The van der Waals surface area contributed by atoms with E-state index in [1.807, 2.05) is 0 Å². The summed E-state index contributed by atoms with van der Waals surface area (Å²) >= 11 is 6.03. The summed E-state index contributed by atoms with van der Waals surface area (Å²) in [4.78, 5) is 16.4. The Morgan fingerprint density at radius 3 is 2.95 bits per heavy atom. The van der Waals surface area contributed by atoms with Crippen LogP contribution < -0.4 is 10.6 Å². The third-order valence-electron chi connectivity index (χ3n) is 2.72. The minimum absolute atomic E-state index is 0.291. The predicted molar refractivity (Wildman–Crippen MR) is 79.2 cm³/mol. The molecule has 0 aliphatic carbocycles. The molecule has 0 saturated carbocycles. The lowest BCUT2D eigenvalue weighted by molar-refractivity contribution is 0.102. The molecule has 0 fully saturated rings. The molecular formula is C13H16ClN5O. The molecule has 2 N–H and O–H groups in total. The molecule has 6 nitrogen and oxygen atoms in total. The first-order chi connectivity index (χ1) is 9.61. The number of carbonyl (C=O) groups excluding carboxylic acids is 1. The smallest absolute Gasteiger partial charge is 0.258 e. The van der Waals surface area contributed by atoms with Gasteiger partial charge in [0.05, 0.1) is 16.8 Å².